The molecule has 0 saturated heterocycles. The standard InChI is InChI=1S/C14H14ClN5/c1-2-5-17-12-11-10(9-3-6-16-7-4-9)8-18-13(11)20-14(15)19-12/h3-4,6-8H,2,5H2,1H3,(H2,17,18,19,20). The number of hydrogen-bond donors (Lipinski definition) is 2. The van der Waals surface area contributed by atoms with E-state index >= 15 is 0 Å². The fourth-order valence-corrected chi connectivity index (χ4v) is 2.31. The van der Waals surface area contributed by atoms with Gasteiger partial charge in [-0.3, -0.25) is 4.98 Å². The predicted molar refractivity (Wildman–Crippen MR) is 80.9 cm³/mol. The van der Waals surface area contributed by atoms with Crippen molar-refractivity contribution >= 4 is 28.5 Å². The number of aromatic amines is 1. The molecule has 0 aliphatic carbocycles. The van der Waals surface area contributed by atoms with Crippen molar-refractivity contribution in [3.8, 4) is 11.1 Å². The summed E-state index contributed by atoms with van der Waals surface area (Å²) in [5, 5.41) is 4.49. The lowest BCUT2D eigenvalue weighted by atomic mass is 10.1. The van der Waals surface area contributed by atoms with Crippen LogP contribution in [0.15, 0.2) is 30.7 Å². The molecule has 0 radical (unpaired) electrons. The van der Waals surface area contributed by atoms with Gasteiger partial charge in [0.15, 0.2) is 0 Å². The van der Waals surface area contributed by atoms with Gasteiger partial charge < -0.3 is 10.3 Å². The molecule has 3 aromatic rings. The normalized spacial score (nSPS) is 10.9. The fourth-order valence-electron chi connectivity index (χ4n) is 2.14. The average molecular weight is 288 g/mol. The second kappa shape index (κ2) is 5.46. The molecular weight excluding hydrogens is 274 g/mol. The number of halogens is 1. The van der Waals surface area contributed by atoms with Gasteiger partial charge in [0.25, 0.3) is 0 Å². The van der Waals surface area contributed by atoms with Crippen LogP contribution >= 0.6 is 11.6 Å². The van der Waals surface area contributed by atoms with E-state index in [1.54, 1.807) is 12.4 Å². The Labute approximate surface area is 121 Å². The second-order valence-electron chi connectivity index (χ2n) is 4.43. The van der Waals surface area contributed by atoms with Gasteiger partial charge in [0.2, 0.25) is 5.28 Å². The summed E-state index contributed by atoms with van der Waals surface area (Å²) < 4.78 is 0. The highest BCUT2D eigenvalue weighted by Crippen LogP contribution is 2.32. The van der Waals surface area contributed by atoms with Gasteiger partial charge >= 0.3 is 0 Å². The van der Waals surface area contributed by atoms with Crippen molar-refractivity contribution in [2.75, 3.05) is 11.9 Å². The van der Waals surface area contributed by atoms with Crippen LogP contribution in [0.3, 0.4) is 0 Å². The number of fused-ring (bicyclic) bond motifs is 1. The van der Waals surface area contributed by atoms with Crippen molar-refractivity contribution in [3.63, 3.8) is 0 Å². The summed E-state index contributed by atoms with van der Waals surface area (Å²) in [5.74, 6) is 0.759. The Bertz CT molecular complexity index is 723. The van der Waals surface area contributed by atoms with Crippen LogP contribution in [0.5, 0.6) is 0 Å². The number of anilines is 1. The van der Waals surface area contributed by atoms with Gasteiger partial charge in [0, 0.05) is 30.7 Å². The van der Waals surface area contributed by atoms with Crippen LogP contribution in [0.2, 0.25) is 5.28 Å². The Balaban J connectivity index is 2.19. The van der Waals surface area contributed by atoms with E-state index in [1.165, 1.54) is 0 Å². The molecule has 102 valence electrons. The van der Waals surface area contributed by atoms with Gasteiger partial charge in [0.1, 0.15) is 11.5 Å². The van der Waals surface area contributed by atoms with Gasteiger partial charge in [-0.2, -0.15) is 4.98 Å². The molecule has 0 atom stereocenters. The molecule has 0 bridgehead atoms. The van der Waals surface area contributed by atoms with Crippen molar-refractivity contribution in [1.29, 1.82) is 0 Å². The highest BCUT2D eigenvalue weighted by Gasteiger charge is 2.14. The first-order valence-corrected chi connectivity index (χ1v) is 6.86. The highest BCUT2D eigenvalue weighted by molar-refractivity contribution is 6.29. The van der Waals surface area contributed by atoms with Gasteiger partial charge in [-0.05, 0) is 35.7 Å². The van der Waals surface area contributed by atoms with Crippen LogP contribution in [0.4, 0.5) is 5.82 Å². The molecule has 0 aliphatic heterocycles. The summed E-state index contributed by atoms with van der Waals surface area (Å²) in [7, 11) is 0. The average Bonchev–Trinajstić information content (AvgIpc) is 2.89. The molecule has 0 amide bonds. The Morgan fingerprint density at radius 3 is 2.80 bits per heavy atom. The molecule has 0 saturated carbocycles. The largest absolute Gasteiger partial charge is 0.369 e. The van der Waals surface area contributed by atoms with Crippen LogP contribution < -0.4 is 5.32 Å². The number of H-pyrrole nitrogens is 1. The Hall–Kier alpha value is -2.14. The minimum Gasteiger partial charge on any atom is -0.369 e. The summed E-state index contributed by atoms with van der Waals surface area (Å²) in [6.07, 6.45) is 6.47. The summed E-state index contributed by atoms with van der Waals surface area (Å²) >= 11 is 5.97. The summed E-state index contributed by atoms with van der Waals surface area (Å²) in [4.78, 5) is 15.7. The predicted octanol–water partition coefficient (Wildman–Crippen LogP) is 3.50. The van der Waals surface area contributed by atoms with Gasteiger partial charge in [0.05, 0.1) is 5.39 Å². The van der Waals surface area contributed by atoms with E-state index in [-0.39, 0.29) is 5.28 Å². The number of aromatic nitrogens is 4. The molecule has 0 unspecified atom stereocenters. The highest BCUT2D eigenvalue weighted by atomic mass is 35.5. The first-order chi connectivity index (χ1) is 9.79. The molecule has 2 N–H and O–H groups in total. The topological polar surface area (TPSA) is 66.5 Å². The quantitative estimate of drug-likeness (QED) is 0.721. The van der Waals surface area contributed by atoms with E-state index in [0.717, 1.165) is 40.9 Å². The molecule has 3 aromatic heterocycles. The Morgan fingerprint density at radius 1 is 1.25 bits per heavy atom. The summed E-state index contributed by atoms with van der Waals surface area (Å²) in [6, 6.07) is 3.92. The molecule has 0 aromatic carbocycles. The van der Waals surface area contributed by atoms with E-state index in [1.807, 2.05) is 18.3 Å². The second-order valence-corrected chi connectivity index (χ2v) is 4.77. The lowest BCUT2D eigenvalue weighted by molar-refractivity contribution is 0.969. The maximum Gasteiger partial charge on any atom is 0.226 e. The molecule has 3 heterocycles. The zero-order valence-electron chi connectivity index (χ0n) is 11.0. The van der Waals surface area contributed by atoms with Crippen LogP contribution in [0.25, 0.3) is 22.2 Å². The molecular formula is C14H14ClN5. The van der Waals surface area contributed by atoms with Crippen molar-refractivity contribution in [1.82, 2.24) is 19.9 Å². The van der Waals surface area contributed by atoms with Crippen molar-refractivity contribution in [2.24, 2.45) is 0 Å². The molecule has 0 spiro atoms. The number of nitrogens with zero attached hydrogens (tertiary/aromatic N) is 3. The summed E-state index contributed by atoms with van der Waals surface area (Å²) in [6.45, 7) is 2.94. The first-order valence-electron chi connectivity index (χ1n) is 6.48. The maximum atomic E-state index is 5.97. The van der Waals surface area contributed by atoms with E-state index < -0.39 is 0 Å². The lowest BCUT2D eigenvalue weighted by Crippen LogP contribution is -2.03. The van der Waals surface area contributed by atoms with E-state index in [2.05, 4.69) is 32.2 Å². The van der Waals surface area contributed by atoms with Crippen molar-refractivity contribution in [3.05, 3.63) is 36.0 Å². The van der Waals surface area contributed by atoms with Crippen LogP contribution in [-0.2, 0) is 0 Å². The third kappa shape index (κ3) is 2.32. The van der Waals surface area contributed by atoms with Crippen molar-refractivity contribution in [2.45, 2.75) is 13.3 Å². The monoisotopic (exact) mass is 287 g/mol. The van der Waals surface area contributed by atoms with Gasteiger partial charge in [-0.25, -0.2) is 4.98 Å². The van der Waals surface area contributed by atoms with E-state index in [9.17, 15) is 0 Å². The van der Waals surface area contributed by atoms with Gasteiger partial charge in [-0.15, -0.1) is 0 Å². The third-order valence-electron chi connectivity index (χ3n) is 3.04. The number of pyridine rings is 1. The lowest BCUT2D eigenvalue weighted by Gasteiger charge is -2.07. The molecule has 20 heavy (non-hydrogen) atoms. The van der Waals surface area contributed by atoms with Crippen LogP contribution in [0, 0.1) is 0 Å². The molecule has 0 fully saturated rings. The van der Waals surface area contributed by atoms with Crippen LogP contribution in [0.1, 0.15) is 13.3 Å². The SMILES string of the molecule is CCCNc1nc(Cl)nc2[nH]cc(-c3ccncc3)c12. The summed E-state index contributed by atoms with van der Waals surface area (Å²) in [5.41, 5.74) is 2.84. The first kappa shape index (κ1) is 12.9. The Kier molecular flexibility index (Phi) is 3.52. The van der Waals surface area contributed by atoms with Gasteiger partial charge in [-0.1, -0.05) is 6.92 Å². The molecule has 5 nitrogen and oxygen atoms in total. The smallest absolute Gasteiger partial charge is 0.226 e. The number of hydrogen-bond acceptors (Lipinski definition) is 4. The van der Waals surface area contributed by atoms with Crippen LogP contribution in [-0.4, -0.2) is 26.5 Å². The molecule has 6 heteroatoms. The molecule has 3 rings (SSSR count). The molecule has 0 aliphatic rings. The van der Waals surface area contributed by atoms with E-state index in [4.69, 9.17) is 11.6 Å². The Morgan fingerprint density at radius 2 is 2.05 bits per heavy atom. The van der Waals surface area contributed by atoms with E-state index in [0.29, 0.717) is 0 Å². The minimum atomic E-state index is 0.235. The maximum absolute atomic E-state index is 5.97. The fraction of sp³-hybridized carbons (Fsp3) is 0.214. The number of rotatable bonds is 4. The zero-order chi connectivity index (χ0) is 13.9. The third-order valence-corrected chi connectivity index (χ3v) is 3.21. The number of nitrogens with one attached hydrogen (secondary N) is 2. The minimum absolute atomic E-state index is 0.235. The zero-order valence-corrected chi connectivity index (χ0v) is 11.8. The van der Waals surface area contributed by atoms with Crippen molar-refractivity contribution < 1.29 is 0 Å².